The lowest BCUT2D eigenvalue weighted by molar-refractivity contribution is -0.140. The van der Waals surface area contributed by atoms with E-state index in [1.165, 1.54) is 33.3 Å². The first kappa shape index (κ1) is 27.3. The summed E-state index contributed by atoms with van der Waals surface area (Å²) in [6.45, 7) is 4.07. The standard InChI is InChI=1S/C28H34N2O8/c1-34-20-8-5-7-18(15-20)25(31)23-24(19-16-21(35-2)27(37-4)22(17-19)36-3)30(28(33)26(23)32)10-6-9-29-11-13-38-14-12-29/h5,7-8,15-17,24,31H,6,9-14H2,1-4H3/b25-23+/t24-/m0/s1. The van der Waals surface area contributed by atoms with Crippen LogP contribution in [0, 0.1) is 0 Å². The molecule has 4 rings (SSSR count). The third kappa shape index (κ3) is 5.41. The molecule has 0 spiro atoms. The molecule has 10 heteroatoms. The van der Waals surface area contributed by atoms with Crippen molar-refractivity contribution < 1.29 is 38.4 Å². The van der Waals surface area contributed by atoms with Crippen LogP contribution >= 0.6 is 0 Å². The molecule has 0 aromatic heterocycles. The molecular weight excluding hydrogens is 492 g/mol. The molecule has 2 aliphatic rings. The Bertz CT molecular complexity index is 1180. The summed E-state index contributed by atoms with van der Waals surface area (Å²) in [6.07, 6.45) is 0.646. The molecule has 2 saturated heterocycles. The summed E-state index contributed by atoms with van der Waals surface area (Å²) in [7, 11) is 6.01. The highest BCUT2D eigenvalue weighted by Crippen LogP contribution is 2.45. The third-order valence-corrected chi connectivity index (χ3v) is 6.86. The van der Waals surface area contributed by atoms with Crippen LogP contribution in [-0.2, 0) is 14.3 Å². The second-order valence-electron chi connectivity index (χ2n) is 8.99. The first-order valence-corrected chi connectivity index (χ1v) is 12.5. The molecule has 10 nitrogen and oxygen atoms in total. The van der Waals surface area contributed by atoms with Gasteiger partial charge in [-0.2, -0.15) is 0 Å². The fourth-order valence-corrected chi connectivity index (χ4v) is 4.93. The monoisotopic (exact) mass is 526 g/mol. The summed E-state index contributed by atoms with van der Waals surface area (Å²) in [5.74, 6) is -0.0551. The zero-order valence-corrected chi connectivity index (χ0v) is 22.2. The minimum atomic E-state index is -0.861. The van der Waals surface area contributed by atoms with Gasteiger partial charge in [0.1, 0.15) is 11.5 Å². The number of Topliss-reactive ketones (excluding diaryl/α,β-unsaturated/α-hetero) is 1. The van der Waals surface area contributed by atoms with Gasteiger partial charge in [-0.1, -0.05) is 12.1 Å². The van der Waals surface area contributed by atoms with Crippen LogP contribution in [0.5, 0.6) is 23.0 Å². The van der Waals surface area contributed by atoms with Crippen molar-refractivity contribution in [1.82, 2.24) is 9.80 Å². The van der Waals surface area contributed by atoms with Gasteiger partial charge in [-0.15, -0.1) is 0 Å². The minimum Gasteiger partial charge on any atom is -0.507 e. The maximum absolute atomic E-state index is 13.4. The van der Waals surface area contributed by atoms with Gasteiger partial charge in [0.2, 0.25) is 5.75 Å². The van der Waals surface area contributed by atoms with Crippen molar-refractivity contribution in [3.8, 4) is 23.0 Å². The highest BCUT2D eigenvalue weighted by Gasteiger charge is 2.46. The number of carbonyl (C=O) groups excluding carboxylic acids is 2. The van der Waals surface area contributed by atoms with Crippen LogP contribution in [0.2, 0.25) is 0 Å². The molecule has 2 heterocycles. The summed E-state index contributed by atoms with van der Waals surface area (Å²) in [5.41, 5.74) is 0.909. The van der Waals surface area contributed by atoms with E-state index in [0.29, 0.717) is 60.3 Å². The summed E-state index contributed by atoms with van der Waals surface area (Å²) in [4.78, 5) is 30.5. The number of ether oxygens (including phenoxy) is 5. The van der Waals surface area contributed by atoms with Crippen molar-refractivity contribution >= 4 is 17.4 Å². The Kier molecular flexibility index (Phi) is 8.75. The highest BCUT2D eigenvalue weighted by molar-refractivity contribution is 6.46. The Morgan fingerprint density at radius 2 is 1.63 bits per heavy atom. The SMILES string of the molecule is COc1cccc(/C(O)=C2\C(=O)C(=O)N(CCCN3CCOCC3)[C@H]2c2cc(OC)c(OC)c(OC)c2)c1. The van der Waals surface area contributed by atoms with Gasteiger partial charge < -0.3 is 33.7 Å². The van der Waals surface area contributed by atoms with Gasteiger partial charge in [0, 0.05) is 31.7 Å². The number of ketones is 1. The molecule has 1 N–H and O–H groups in total. The molecular formula is C28H34N2O8. The van der Waals surface area contributed by atoms with E-state index in [2.05, 4.69) is 4.90 Å². The van der Waals surface area contributed by atoms with Crippen LogP contribution in [0.3, 0.4) is 0 Å². The van der Waals surface area contributed by atoms with E-state index in [-0.39, 0.29) is 11.3 Å². The smallest absolute Gasteiger partial charge is 0.295 e. The Morgan fingerprint density at radius 1 is 0.947 bits per heavy atom. The van der Waals surface area contributed by atoms with E-state index >= 15 is 0 Å². The molecule has 1 amide bonds. The molecule has 0 unspecified atom stereocenters. The average Bonchev–Trinajstić information content (AvgIpc) is 3.21. The van der Waals surface area contributed by atoms with Crippen molar-refractivity contribution in [2.75, 3.05) is 67.8 Å². The predicted octanol–water partition coefficient (Wildman–Crippen LogP) is 2.87. The molecule has 0 aliphatic carbocycles. The third-order valence-electron chi connectivity index (χ3n) is 6.86. The summed E-state index contributed by atoms with van der Waals surface area (Å²) < 4.78 is 27.2. The van der Waals surface area contributed by atoms with E-state index in [1.54, 1.807) is 36.4 Å². The lowest BCUT2D eigenvalue weighted by Gasteiger charge is -2.29. The number of methoxy groups -OCH3 is 4. The molecule has 2 aromatic rings. The number of morpholine rings is 1. The summed E-state index contributed by atoms with van der Waals surface area (Å²) >= 11 is 0. The first-order valence-electron chi connectivity index (χ1n) is 12.5. The van der Waals surface area contributed by atoms with E-state index in [1.807, 2.05) is 0 Å². The average molecular weight is 527 g/mol. The van der Waals surface area contributed by atoms with Gasteiger partial charge in [-0.05, 0) is 36.2 Å². The molecule has 0 saturated carbocycles. The maximum Gasteiger partial charge on any atom is 0.295 e. The van der Waals surface area contributed by atoms with Crippen molar-refractivity contribution in [2.45, 2.75) is 12.5 Å². The van der Waals surface area contributed by atoms with Gasteiger partial charge in [-0.3, -0.25) is 14.5 Å². The summed E-state index contributed by atoms with van der Waals surface area (Å²) in [6, 6.07) is 9.26. The van der Waals surface area contributed by atoms with E-state index < -0.39 is 17.7 Å². The quantitative estimate of drug-likeness (QED) is 0.284. The van der Waals surface area contributed by atoms with Crippen molar-refractivity contribution in [3.05, 3.63) is 53.1 Å². The zero-order chi connectivity index (χ0) is 27.2. The van der Waals surface area contributed by atoms with Gasteiger partial charge in [0.25, 0.3) is 11.7 Å². The Balaban J connectivity index is 1.79. The number of amides is 1. The van der Waals surface area contributed by atoms with Crippen LogP contribution in [0.15, 0.2) is 42.0 Å². The molecule has 204 valence electrons. The number of likely N-dealkylation sites (tertiary alicyclic amines) is 1. The van der Waals surface area contributed by atoms with Crippen molar-refractivity contribution in [1.29, 1.82) is 0 Å². The molecule has 38 heavy (non-hydrogen) atoms. The molecule has 2 aromatic carbocycles. The lowest BCUT2D eigenvalue weighted by atomic mass is 9.94. The van der Waals surface area contributed by atoms with Crippen molar-refractivity contribution in [2.24, 2.45) is 0 Å². The minimum absolute atomic E-state index is 0.0103. The Hall–Kier alpha value is -3.76. The largest absolute Gasteiger partial charge is 0.507 e. The van der Waals surface area contributed by atoms with Crippen LogP contribution in [0.25, 0.3) is 5.76 Å². The van der Waals surface area contributed by atoms with E-state index in [4.69, 9.17) is 23.7 Å². The first-order chi connectivity index (χ1) is 18.4. The number of aliphatic hydroxyl groups is 1. The van der Waals surface area contributed by atoms with Crippen LogP contribution in [-0.4, -0.2) is 94.4 Å². The summed E-state index contributed by atoms with van der Waals surface area (Å²) in [5, 5.41) is 11.4. The van der Waals surface area contributed by atoms with E-state index in [9.17, 15) is 14.7 Å². The van der Waals surface area contributed by atoms with Gasteiger partial charge >= 0.3 is 0 Å². The Labute approximate surface area is 222 Å². The fourth-order valence-electron chi connectivity index (χ4n) is 4.93. The van der Waals surface area contributed by atoms with Crippen LogP contribution < -0.4 is 18.9 Å². The van der Waals surface area contributed by atoms with Gasteiger partial charge in [0.15, 0.2) is 11.5 Å². The molecule has 2 aliphatic heterocycles. The van der Waals surface area contributed by atoms with Crippen molar-refractivity contribution in [3.63, 3.8) is 0 Å². The van der Waals surface area contributed by atoms with Gasteiger partial charge in [-0.25, -0.2) is 0 Å². The maximum atomic E-state index is 13.4. The number of hydrogen-bond donors (Lipinski definition) is 1. The fraction of sp³-hybridized carbons (Fsp3) is 0.429. The number of rotatable bonds is 10. The molecule has 2 fully saturated rings. The van der Waals surface area contributed by atoms with E-state index in [0.717, 1.165) is 19.6 Å². The number of carbonyl (C=O) groups is 2. The predicted molar refractivity (Wildman–Crippen MR) is 140 cm³/mol. The zero-order valence-electron chi connectivity index (χ0n) is 22.2. The van der Waals surface area contributed by atoms with Gasteiger partial charge in [0.05, 0.1) is 53.3 Å². The normalized spacial score (nSPS) is 19.5. The Morgan fingerprint density at radius 3 is 2.24 bits per heavy atom. The number of aliphatic hydroxyl groups excluding tert-OH is 1. The topological polar surface area (TPSA) is 107 Å². The second kappa shape index (κ2) is 12.2. The molecule has 1 atom stereocenters. The number of hydrogen-bond acceptors (Lipinski definition) is 9. The second-order valence-corrected chi connectivity index (χ2v) is 8.99. The number of nitrogens with zero attached hydrogens (tertiary/aromatic N) is 2. The highest BCUT2D eigenvalue weighted by atomic mass is 16.5. The number of benzene rings is 2. The van der Waals surface area contributed by atoms with Crippen LogP contribution in [0.1, 0.15) is 23.6 Å². The molecule has 0 radical (unpaired) electrons. The van der Waals surface area contributed by atoms with Crippen LogP contribution in [0.4, 0.5) is 0 Å². The lowest BCUT2D eigenvalue weighted by Crippen LogP contribution is -2.39. The molecule has 0 bridgehead atoms.